The van der Waals surface area contributed by atoms with Crippen LogP contribution < -0.4 is 5.32 Å². The first-order valence-corrected chi connectivity index (χ1v) is 7.50. The number of rotatable bonds is 5. The highest BCUT2D eigenvalue weighted by atomic mass is 15.1. The summed E-state index contributed by atoms with van der Waals surface area (Å²) in [4.78, 5) is 2.50. The lowest BCUT2D eigenvalue weighted by molar-refractivity contribution is 0.337. The predicted molar refractivity (Wildman–Crippen MR) is 83.0 cm³/mol. The van der Waals surface area contributed by atoms with Gasteiger partial charge in [-0.15, -0.1) is 10.2 Å². The third kappa shape index (κ3) is 3.11. The zero-order valence-corrected chi connectivity index (χ0v) is 12.0. The summed E-state index contributed by atoms with van der Waals surface area (Å²) in [6.45, 7) is 4.42. The van der Waals surface area contributed by atoms with Crippen molar-refractivity contribution in [2.75, 3.05) is 31.5 Å². The SMILES string of the molecule is N#Cc1nnc2ccccc2c1NCCCN1CCCC1. The van der Waals surface area contributed by atoms with E-state index in [0.717, 1.165) is 36.1 Å². The molecule has 0 bridgehead atoms. The highest BCUT2D eigenvalue weighted by Gasteiger charge is 2.12. The summed E-state index contributed by atoms with van der Waals surface area (Å²) in [6, 6.07) is 9.91. The van der Waals surface area contributed by atoms with Gasteiger partial charge < -0.3 is 10.2 Å². The van der Waals surface area contributed by atoms with Crippen molar-refractivity contribution in [2.24, 2.45) is 0 Å². The van der Waals surface area contributed by atoms with Crippen LogP contribution in [0.4, 0.5) is 5.69 Å². The Morgan fingerprint density at radius 2 is 2.00 bits per heavy atom. The first kappa shape index (κ1) is 13.8. The Hall–Kier alpha value is -2.19. The third-order valence-electron chi connectivity index (χ3n) is 3.93. The number of nitrogens with one attached hydrogen (secondary N) is 1. The van der Waals surface area contributed by atoms with E-state index in [1.165, 1.54) is 25.9 Å². The Bertz CT molecular complexity index is 655. The summed E-state index contributed by atoms with van der Waals surface area (Å²) in [7, 11) is 0. The molecule has 1 aliphatic heterocycles. The van der Waals surface area contributed by atoms with Crippen LogP contribution in [0, 0.1) is 11.3 Å². The van der Waals surface area contributed by atoms with Crippen LogP contribution in [0.15, 0.2) is 24.3 Å². The maximum absolute atomic E-state index is 9.21. The van der Waals surface area contributed by atoms with Crippen LogP contribution in [-0.4, -0.2) is 41.3 Å². The van der Waals surface area contributed by atoms with Gasteiger partial charge in [0.15, 0.2) is 5.69 Å². The van der Waals surface area contributed by atoms with Gasteiger partial charge in [0, 0.05) is 11.9 Å². The maximum atomic E-state index is 9.21. The molecule has 2 aromatic rings. The molecular weight excluding hydrogens is 262 g/mol. The quantitative estimate of drug-likeness (QED) is 0.853. The van der Waals surface area contributed by atoms with Crippen molar-refractivity contribution in [2.45, 2.75) is 19.3 Å². The molecule has 1 aromatic heterocycles. The molecule has 5 heteroatoms. The van der Waals surface area contributed by atoms with Crippen LogP contribution in [0.1, 0.15) is 25.0 Å². The van der Waals surface area contributed by atoms with Crippen molar-refractivity contribution in [1.82, 2.24) is 15.1 Å². The fourth-order valence-electron chi connectivity index (χ4n) is 2.83. The summed E-state index contributed by atoms with van der Waals surface area (Å²) in [5.41, 5.74) is 2.00. The molecule has 0 saturated carbocycles. The second-order valence-electron chi connectivity index (χ2n) is 5.38. The standard InChI is InChI=1S/C16H19N5/c17-12-15-16(13-6-1-2-7-14(13)19-20-15)18-8-5-11-21-9-3-4-10-21/h1-2,6-7H,3-5,8-11H2,(H,18,19). The number of fused-ring (bicyclic) bond motifs is 1. The number of likely N-dealkylation sites (tertiary alicyclic amines) is 1. The smallest absolute Gasteiger partial charge is 0.186 e. The molecule has 1 fully saturated rings. The molecule has 1 N–H and O–H groups in total. The summed E-state index contributed by atoms with van der Waals surface area (Å²) in [5, 5.41) is 21.6. The van der Waals surface area contributed by atoms with E-state index in [-0.39, 0.29) is 0 Å². The molecule has 0 atom stereocenters. The average molecular weight is 281 g/mol. The van der Waals surface area contributed by atoms with Gasteiger partial charge in [0.2, 0.25) is 0 Å². The number of benzene rings is 1. The first-order valence-electron chi connectivity index (χ1n) is 7.50. The Kier molecular flexibility index (Phi) is 4.27. The molecule has 0 spiro atoms. The lowest BCUT2D eigenvalue weighted by Crippen LogP contribution is -2.22. The molecule has 0 aliphatic carbocycles. The lowest BCUT2D eigenvalue weighted by atomic mass is 10.1. The van der Waals surface area contributed by atoms with E-state index < -0.39 is 0 Å². The van der Waals surface area contributed by atoms with Gasteiger partial charge in [-0.1, -0.05) is 18.2 Å². The number of aromatic nitrogens is 2. The topological polar surface area (TPSA) is 64.8 Å². The highest BCUT2D eigenvalue weighted by Crippen LogP contribution is 2.23. The van der Waals surface area contributed by atoms with Gasteiger partial charge in [0.1, 0.15) is 6.07 Å². The van der Waals surface area contributed by atoms with E-state index in [9.17, 15) is 5.26 Å². The molecule has 1 aromatic carbocycles. The van der Waals surface area contributed by atoms with Crippen molar-refractivity contribution in [3.63, 3.8) is 0 Å². The van der Waals surface area contributed by atoms with Crippen molar-refractivity contribution in [1.29, 1.82) is 5.26 Å². The van der Waals surface area contributed by atoms with E-state index in [1.54, 1.807) is 0 Å². The van der Waals surface area contributed by atoms with Gasteiger partial charge in [0.05, 0.1) is 11.2 Å². The molecule has 0 unspecified atom stereocenters. The number of nitrogens with zero attached hydrogens (tertiary/aromatic N) is 4. The largest absolute Gasteiger partial charge is 0.382 e. The van der Waals surface area contributed by atoms with Crippen LogP contribution in [0.25, 0.3) is 10.9 Å². The van der Waals surface area contributed by atoms with Gasteiger partial charge in [-0.05, 0) is 45.0 Å². The number of nitriles is 1. The van der Waals surface area contributed by atoms with Gasteiger partial charge in [-0.25, -0.2) is 0 Å². The zero-order valence-electron chi connectivity index (χ0n) is 12.0. The molecule has 2 heterocycles. The molecule has 1 aliphatic rings. The number of hydrogen-bond donors (Lipinski definition) is 1. The van der Waals surface area contributed by atoms with Crippen LogP contribution >= 0.6 is 0 Å². The zero-order chi connectivity index (χ0) is 14.5. The molecular formula is C16H19N5. The summed E-state index contributed by atoms with van der Waals surface area (Å²) in [6.07, 6.45) is 3.72. The molecule has 1 saturated heterocycles. The van der Waals surface area contributed by atoms with Crippen molar-refractivity contribution < 1.29 is 0 Å². The molecule has 0 radical (unpaired) electrons. The Morgan fingerprint density at radius 3 is 2.81 bits per heavy atom. The molecule has 5 nitrogen and oxygen atoms in total. The fraction of sp³-hybridized carbons (Fsp3) is 0.438. The number of hydrogen-bond acceptors (Lipinski definition) is 5. The van der Waals surface area contributed by atoms with Crippen molar-refractivity contribution in [3.8, 4) is 6.07 Å². The highest BCUT2D eigenvalue weighted by molar-refractivity contribution is 5.92. The van der Waals surface area contributed by atoms with Crippen LogP contribution in [-0.2, 0) is 0 Å². The Balaban J connectivity index is 1.68. The molecule has 3 rings (SSSR count). The van der Waals surface area contributed by atoms with Crippen molar-refractivity contribution >= 4 is 16.6 Å². The monoisotopic (exact) mass is 281 g/mol. The van der Waals surface area contributed by atoms with E-state index in [0.29, 0.717) is 5.69 Å². The third-order valence-corrected chi connectivity index (χ3v) is 3.93. The van der Waals surface area contributed by atoms with E-state index in [1.807, 2.05) is 24.3 Å². The molecule has 108 valence electrons. The van der Waals surface area contributed by atoms with Gasteiger partial charge in [0.25, 0.3) is 0 Å². The minimum Gasteiger partial charge on any atom is -0.382 e. The maximum Gasteiger partial charge on any atom is 0.186 e. The van der Waals surface area contributed by atoms with Gasteiger partial charge >= 0.3 is 0 Å². The second kappa shape index (κ2) is 6.51. The van der Waals surface area contributed by atoms with Crippen LogP contribution in [0.2, 0.25) is 0 Å². The normalized spacial score (nSPS) is 15.2. The fourth-order valence-corrected chi connectivity index (χ4v) is 2.83. The molecule has 0 amide bonds. The minimum absolute atomic E-state index is 0.370. The van der Waals surface area contributed by atoms with E-state index in [4.69, 9.17) is 0 Å². The van der Waals surface area contributed by atoms with Crippen molar-refractivity contribution in [3.05, 3.63) is 30.0 Å². The van der Waals surface area contributed by atoms with Gasteiger partial charge in [-0.3, -0.25) is 0 Å². The Labute approximate surface area is 124 Å². The molecule has 21 heavy (non-hydrogen) atoms. The van der Waals surface area contributed by atoms with Gasteiger partial charge in [-0.2, -0.15) is 5.26 Å². The van der Waals surface area contributed by atoms with Crippen LogP contribution in [0.3, 0.4) is 0 Å². The Morgan fingerprint density at radius 1 is 1.19 bits per heavy atom. The number of anilines is 1. The summed E-state index contributed by atoms with van der Waals surface area (Å²) < 4.78 is 0. The van der Waals surface area contributed by atoms with Crippen LogP contribution in [0.5, 0.6) is 0 Å². The van der Waals surface area contributed by atoms with E-state index in [2.05, 4.69) is 26.5 Å². The predicted octanol–water partition coefficient (Wildman–Crippen LogP) is 2.40. The summed E-state index contributed by atoms with van der Waals surface area (Å²) >= 11 is 0. The average Bonchev–Trinajstić information content (AvgIpc) is 3.04. The summed E-state index contributed by atoms with van der Waals surface area (Å²) in [5.74, 6) is 0. The second-order valence-corrected chi connectivity index (χ2v) is 5.38. The minimum atomic E-state index is 0.370. The first-order chi connectivity index (χ1) is 10.4. The van der Waals surface area contributed by atoms with E-state index >= 15 is 0 Å². The lowest BCUT2D eigenvalue weighted by Gasteiger charge is -2.15.